The third kappa shape index (κ3) is 2.67. The van der Waals surface area contributed by atoms with E-state index in [2.05, 4.69) is 19.9 Å². The highest BCUT2D eigenvalue weighted by atomic mass is 19.2. The number of hydrogen-bond acceptors (Lipinski definition) is 4. The molecule has 23 heavy (non-hydrogen) atoms. The van der Waals surface area contributed by atoms with Crippen molar-refractivity contribution in [3.63, 3.8) is 0 Å². The molecule has 0 unspecified atom stereocenters. The van der Waals surface area contributed by atoms with Crippen LogP contribution in [0.2, 0.25) is 0 Å². The van der Waals surface area contributed by atoms with Crippen molar-refractivity contribution in [3.05, 3.63) is 71.8 Å². The summed E-state index contributed by atoms with van der Waals surface area (Å²) in [5.41, 5.74) is 1.67. The van der Waals surface area contributed by atoms with Crippen molar-refractivity contribution in [3.8, 4) is 11.6 Å². The molecule has 0 radical (unpaired) electrons. The number of rotatable bonds is 3. The van der Waals surface area contributed by atoms with Gasteiger partial charge in [-0.1, -0.05) is 6.07 Å². The fraction of sp³-hybridized carbons (Fsp3) is 0.176. The molecule has 2 heterocycles. The molecule has 2 aromatic heterocycles. The molecule has 3 aromatic rings. The Bertz CT molecular complexity index is 854. The van der Waals surface area contributed by atoms with Gasteiger partial charge in [0.2, 0.25) is 0 Å². The van der Waals surface area contributed by atoms with Gasteiger partial charge in [-0.25, -0.2) is 28.7 Å². The molecule has 6 heteroatoms. The number of aromatic nitrogens is 4. The van der Waals surface area contributed by atoms with E-state index in [1.54, 1.807) is 30.7 Å². The molecular formula is C17H12F2N4. The Balaban J connectivity index is 1.59. The maximum Gasteiger partial charge on any atom is 0.197 e. The van der Waals surface area contributed by atoms with Crippen molar-refractivity contribution in [2.75, 3.05) is 0 Å². The lowest BCUT2D eigenvalue weighted by atomic mass is 10.1. The van der Waals surface area contributed by atoms with Gasteiger partial charge in [-0.05, 0) is 42.2 Å². The van der Waals surface area contributed by atoms with Crippen LogP contribution in [-0.4, -0.2) is 19.9 Å². The van der Waals surface area contributed by atoms with E-state index in [1.807, 2.05) is 6.07 Å². The number of hydrogen-bond donors (Lipinski definition) is 0. The first kappa shape index (κ1) is 13.9. The Kier molecular flexibility index (Phi) is 3.29. The zero-order valence-corrected chi connectivity index (χ0v) is 12.0. The maximum absolute atomic E-state index is 13.4. The quantitative estimate of drug-likeness (QED) is 0.743. The zero-order valence-electron chi connectivity index (χ0n) is 12.0. The standard InChI is InChI=1S/C17H12F2N4/c18-13-3-2-10(8-14(13)19)11-9-12(11)15-4-7-22-17(23-15)16-20-5-1-6-21-16/h1-8,11-12H,9H2/t11-,12-/m1/s1. The Morgan fingerprint density at radius 2 is 1.61 bits per heavy atom. The molecule has 1 fully saturated rings. The van der Waals surface area contributed by atoms with E-state index >= 15 is 0 Å². The topological polar surface area (TPSA) is 51.6 Å². The molecular weight excluding hydrogens is 298 g/mol. The van der Waals surface area contributed by atoms with Crippen LogP contribution >= 0.6 is 0 Å². The summed E-state index contributed by atoms with van der Waals surface area (Å²) in [5.74, 6) is -0.348. The van der Waals surface area contributed by atoms with Crippen molar-refractivity contribution in [1.29, 1.82) is 0 Å². The monoisotopic (exact) mass is 310 g/mol. The van der Waals surface area contributed by atoms with Crippen molar-refractivity contribution in [2.45, 2.75) is 18.3 Å². The molecule has 0 saturated heterocycles. The predicted molar refractivity (Wildman–Crippen MR) is 79.5 cm³/mol. The molecule has 0 N–H and O–H groups in total. The number of nitrogens with zero attached hydrogens (tertiary/aromatic N) is 4. The van der Waals surface area contributed by atoms with Crippen LogP contribution in [0.25, 0.3) is 11.6 Å². The fourth-order valence-corrected chi connectivity index (χ4v) is 2.73. The highest BCUT2D eigenvalue weighted by Gasteiger charge is 2.41. The Labute approximate surface area is 131 Å². The molecule has 4 rings (SSSR count). The summed E-state index contributed by atoms with van der Waals surface area (Å²) >= 11 is 0. The van der Waals surface area contributed by atoms with E-state index in [0.717, 1.165) is 17.7 Å². The van der Waals surface area contributed by atoms with Crippen molar-refractivity contribution < 1.29 is 8.78 Å². The summed E-state index contributed by atoms with van der Waals surface area (Å²) in [4.78, 5) is 17.0. The van der Waals surface area contributed by atoms with Gasteiger partial charge in [0.25, 0.3) is 0 Å². The normalized spacial score (nSPS) is 19.6. The van der Waals surface area contributed by atoms with Crippen LogP contribution in [0.3, 0.4) is 0 Å². The van der Waals surface area contributed by atoms with E-state index in [9.17, 15) is 8.78 Å². The number of benzene rings is 1. The summed E-state index contributed by atoms with van der Waals surface area (Å²) in [6.07, 6.45) is 5.81. The maximum atomic E-state index is 13.4. The molecule has 1 aliphatic carbocycles. The Morgan fingerprint density at radius 1 is 0.826 bits per heavy atom. The first-order chi connectivity index (χ1) is 11.2. The van der Waals surface area contributed by atoms with Crippen LogP contribution < -0.4 is 0 Å². The lowest BCUT2D eigenvalue weighted by molar-refractivity contribution is 0.507. The van der Waals surface area contributed by atoms with Gasteiger partial charge in [-0.3, -0.25) is 0 Å². The van der Waals surface area contributed by atoms with Crippen LogP contribution in [0, 0.1) is 11.6 Å². The van der Waals surface area contributed by atoms with Gasteiger partial charge in [-0.15, -0.1) is 0 Å². The molecule has 0 amide bonds. The van der Waals surface area contributed by atoms with Gasteiger partial charge >= 0.3 is 0 Å². The molecule has 0 spiro atoms. The third-order valence-corrected chi connectivity index (χ3v) is 3.99. The summed E-state index contributed by atoms with van der Waals surface area (Å²) in [7, 11) is 0. The minimum absolute atomic E-state index is 0.157. The number of halogens is 2. The smallest absolute Gasteiger partial charge is 0.197 e. The van der Waals surface area contributed by atoms with Crippen molar-refractivity contribution >= 4 is 0 Å². The molecule has 4 nitrogen and oxygen atoms in total. The van der Waals surface area contributed by atoms with Crippen LogP contribution in [0.1, 0.15) is 29.5 Å². The molecule has 1 saturated carbocycles. The van der Waals surface area contributed by atoms with E-state index in [0.29, 0.717) is 11.6 Å². The van der Waals surface area contributed by atoms with E-state index in [-0.39, 0.29) is 11.8 Å². The average molecular weight is 310 g/mol. The summed E-state index contributed by atoms with van der Waals surface area (Å²) < 4.78 is 26.4. The van der Waals surface area contributed by atoms with Gasteiger partial charge in [-0.2, -0.15) is 0 Å². The van der Waals surface area contributed by atoms with Gasteiger partial charge in [0.15, 0.2) is 23.3 Å². The summed E-state index contributed by atoms with van der Waals surface area (Å²) in [6, 6.07) is 7.64. The summed E-state index contributed by atoms with van der Waals surface area (Å²) in [5, 5.41) is 0. The molecule has 2 atom stereocenters. The zero-order chi connectivity index (χ0) is 15.8. The lowest BCUT2D eigenvalue weighted by Crippen LogP contribution is -1.97. The second-order valence-electron chi connectivity index (χ2n) is 5.50. The van der Waals surface area contributed by atoms with E-state index < -0.39 is 11.6 Å². The highest BCUT2D eigenvalue weighted by molar-refractivity contribution is 5.43. The summed E-state index contributed by atoms with van der Waals surface area (Å²) in [6.45, 7) is 0. The van der Waals surface area contributed by atoms with Crippen LogP contribution in [0.15, 0.2) is 48.9 Å². The van der Waals surface area contributed by atoms with E-state index in [1.165, 1.54) is 12.1 Å². The minimum atomic E-state index is -0.823. The van der Waals surface area contributed by atoms with Crippen LogP contribution in [-0.2, 0) is 0 Å². The van der Waals surface area contributed by atoms with Gasteiger partial charge < -0.3 is 0 Å². The highest BCUT2D eigenvalue weighted by Crippen LogP contribution is 2.54. The van der Waals surface area contributed by atoms with Crippen LogP contribution in [0.5, 0.6) is 0 Å². The first-order valence-electron chi connectivity index (χ1n) is 7.27. The van der Waals surface area contributed by atoms with Crippen LogP contribution in [0.4, 0.5) is 8.78 Å². The lowest BCUT2D eigenvalue weighted by Gasteiger charge is -2.03. The molecule has 1 aliphatic rings. The molecule has 0 bridgehead atoms. The van der Waals surface area contributed by atoms with Crippen molar-refractivity contribution in [1.82, 2.24) is 19.9 Å². The Morgan fingerprint density at radius 3 is 2.39 bits per heavy atom. The second kappa shape index (κ2) is 5.46. The minimum Gasteiger partial charge on any atom is -0.234 e. The fourth-order valence-electron chi connectivity index (χ4n) is 2.73. The SMILES string of the molecule is Fc1ccc([C@H]2C[C@H]2c2ccnc(-c3ncccn3)n2)cc1F. The molecule has 1 aromatic carbocycles. The predicted octanol–water partition coefficient (Wildman–Crippen LogP) is 3.48. The first-order valence-corrected chi connectivity index (χ1v) is 7.27. The molecule has 0 aliphatic heterocycles. The Hall–Kier alpha value is -2.76. The largest absolute Gasteiger partial charge is 0.234 e. The van der Waals surface area contributed by atoms with Gasteiger partial charge in [0.05, 0.1) is 0 Å². The average Bonchev–Trinajstić information content (AvgIpc) is 3.39. The van der Waals surface area contributed by atoms with Crippen molar-refractivity contribution in [2.24, 2.45) is 0 Å². The van der Waals surface area contributed by atoms with Gasteiger partial charge in [0, 0.05) is 30.2 Å². The second-order valence-corrected chi connectivity index (χ2v) is 5.50. The third-order valence-electron chi connectivity index (χ3n) is 3.99. The molecule has 114 valence electrons. The van der Waals surface area contributed by atoms with Gasteiger partial charge in [0.1, 0.15) is 0 Å². The van der Waals surface area contributed by atoms with E-state index in [4.69, 9.17) is 0 Å².